The molecule has 0 saturated heterocycles. The Morgan fingerprint density at radius 1 is 1.33 bits per heavy atom. The molecule has 1 aliphatic carbocycles. The minimum absolute atomic E-state index is 0.263. The van der Waals surface area contributed by atoms with Crippen molar-refractivity contribution in [2.24, 2.45) is 5.41 Å². The highest BCUT2D eigenvalue weighted by atomic mass is 16.5. The number of hydrogen-bond acceptors (Lipinski definition) is 3. The average Bonchev–Trinajstić information content (AvgIpc) is 2.21. The standard InChI is InChI=1S/C12H25NO2/c1-5-7-15-8-6-13-10-9-11(14-4)12(10,2)3/h10-11,13H,5-9H2,1-4H3. The molecule has 3 heteroatoms. The van der Waals surface area contributed by atoms with E-state index in [1.165, 1.54) is 0 Å². The summed E-state index contributed by atoms with van der Waals surface area (Å²) < 4.78 is 10.8. The quantitative estimate of drug-likeness (QED) is 0.657. The van der Waals surface area contributed by atoms with Crippen molar-refractivity contribution in [1.82, 2.24) is 5.32 Å². The van der Waals surface area contributed by atoms with Crippen LogP contribution in [0.5, 0.6) is 0 Å². The maximum atomic E-state index is 5.43. The van der Waals surface area contributed by atoms with E-state index < -0.39 is 0 Å². The molecule has 15 heavy (non-hydrogen) atoms. The van der Waals surface area contributed by atoms with Crippen LogP contribution in [0.1, 0.15) is 33.6 Å². The first-order chi connectivity index (χ1) is 7.12. The topological polar surface area (TPSA) is 30.5 Å². The molecule has 2 atom stereocenters. The van der Waals surface area contributed by atoms with Crippen LogP contribution in [-0.2, 0) is 9.47 Å². The van der Waals surface area contributed by atoms with Gasteiger partial charge in [0.25, 0.3) is 0 Å². The van der Waals surface area contributed by atoms with E-state index >= 15 is 0 Å². The predicted molar refractivity (Wildman–Crippen MR) is 62.1 cm³/mol. The molecule has 1 saturated carbocycles. The first kappa shape index (κ1) is 12.9. The third kappa shape index (κ3) is 3.16. The van der Waals surface area contributed by atoms with Gasteiger partial charge in [0.1, 0.15) is 0 Å². The highest BCUT2D eigenvalue weighted by Gasteiger charge is 2.47. The summed E-state index contributed by atoms with van der Waals surface area (Å²) in [6.45, 7) is 9.29. The maximum Gasteiger partial charge on any atom is 0.0652 e. The monoisotopic (exact) mass is 215 g/mol. The van der Waals surface area contributed by atoms with Gasteiger partial charge in [0.05, 0.1) is 12.7 Å². The van der Waals surface area contributed by atoms with Crippen molar-refractivity contribution in [2.45, 2.75) is 45.8 Å². The fourth-order valence-corrected chi connectivity index (χ4v) is 2.18. The van der Waals surface area contributed by atoms with Crippen LogP contribution in [0.25, 0.3) is 0 Å². The second kappa shape index (κ2) is 5.83. The normalized spacial score (nSPS) is 28.8. The Bertz CT molecular complexity index is 182. The van der Waals surface area contributed by atoms with E-state index in [1.807, 2.05) is 0 Å². The molecule has 1 fully saturated rings. The van der Waals surface area contributed by atoms with Crippen molar-refractivity contribution in [3.8, 4) is 0 Å². The van der Waals surface area contributed by atoms with Crippen LogP contribution in [-0.4, -0.2) is 39.0 Å². The first-order valence-corrected chi connectivity index (χ1v) is 5.96. The van der Waals surface area contributed by atoms with Crippen LogP contribution in [0, 0.1) is 5.41 Å². The summed E-state index contributed by atoms with van der Waals surface area (Å²) in [5.74, 6) is 0. The summed E-state index contributed by atoms with van der Waals surface area (Å²) in [7, 11) is 1.80. The second-order valence-electron chi connectivity index (χ2n) is 4.90. The lowest BCUT2D eigenvalue weighted by Crippen LogP contribution is -2.61. The SMILES string of the molecule is CCCOCCNC1CC(OC)C1(C)C. The van der Waals surface area contributed by atoms with Crippen LogP contribution in [0.4, 0.5) is 0 Å². The molecule has 0 radical (unpaired) electrons. The summed E-state index contributed by atoms with van der Waals surface area (Å²) in [4.78, 5) is 0. The molecule has 0 aromatic carbocycles. The van der Waals surface area contributed by atoms with E-state index in [9.17, 15) is 0 Å². The zero-order valence-corrected chi connectivity index (χ0v) is 10.5. The summed E-state index contributed by atoms with van der Waals surface area (Å²) in [6, 6.07) is 0.577. The molecule has 0 spiro atoms. The Kier molecular flexibility index (Phi) is 5.03. The van der Waals surface area contributed by atoms with Crippen LogP contribution in [0.15, 0.2) is 0 Å². The Balaban J connectivity index is 2.08. The van der Waals surface area contributed by atoms with Crippen molar-refractivity contribution < 1.29 is 9.47 Å². The number of hydrogen-bond donors (Lipinski definition) is 1. The molecule has 0 amide bonds. The van der Waals surface area contributed by atoms with Gasteiger partial charge in [-0.15, -0.1) is 0 Å². The van der Waals surface area contributed by atoms with E-state index in [0.29, 0.717) is 12.1 Å². The minimum atomic E-state index is 0.263. The van der Waals surface area contributed by atoms with Crippen molar-refractivity contribution in [3.63, 3.8) is 0 Å². The Hall–Kier alpha value is -0.120. The van der Waals surface area contributed by atoms with Gasteiger partial charge in [0, 0.05) is 31.7 Å². The number of nitrogens with one attached hydrogen (secondary N) is 1. The average molecular weight is 215 g/mol. The van der Waals surface area contributed by atoms with E-state index in [-0.39, 0.29) is 5.41 Å². The van der Waals surface area contributed by atoms with Gasteiger partial charge < -0.3 is 14.8 Å². The van der Waals surface area contributed by atoms with Crippen LogP contribution >= 0.6 is 0 Å². The molecule has 0 aromatic heterocycles. The molecule has 0 aliphatic heterocycles. The third-order valence-corrected chi connectivity index (χ3v) is 3.45. The Labute approximate surface area is 93.5 Å². The van der Waals surface area contributed by atoms with Crippen LogP contribution < -0.4 is 5.32 Å². The fourth-order valence-electron chi connectivity index (χ4n) is 2.18. The van der Waals surface area contributed by atoms with Gasteiger partial charge in [-0.3, -0.25) is 0 Å². The summed E-state index contributed by atoms with van der Waals surface area (Å²) in [5.41, 5.74) is 0.263. The van der Waals surface area contributed by atoms with E-state index in [4.69, 9.17) is 9.47 Å². The van der Waals surface area contributed by atoms with Crippen molar-refractivity contribution >= 4 is 0 Å². The smallest absolute Gasteiger partial charge is 0.0652 e. The Morgan fingerprint density at radius 2 is 2.07 bits per heavy atom. The van der Waals surface area contributed by atoms with Gasteiger partial charge in [-0.2, -0.15) is 0 Å². The molecule has 1 aliphatic rings. The summed E-state index contributed by atoms with van der Waals surface area (Å²) in [5, 5.41) is 3.53. The molecular formula is C12H25NO2. The molecule has 0 aromatic rings. The van der Waals surface area contributed by atoms with Gasteiger partial charge in [-0.05, 0) is 12.8 Å². The minimum Gasteiger partial charge on any atom is -0.381 e. The number of rotatable bonds is 7. The van der Waals surface area contributed by atoms with Gasteiger partial charge in [-0.1, -0.05) is 20.8 Å². The molecule has 1 rings (SSSR count). The summed E-state index contributed by atoms with van der Waals surface area (Å²) in [6.07, 6.45) is 2.63. The van der Waals surface area contributed by atoms with Gasteiger partial charge in [0.2, 0.25) is 0 Å². The number of methoxy groups -OCH3 is 1. The molecule has 0 bridgehead atoms. The third-order valence-electron chi connectivity index (χ3n) is 3.45. The molecular weight excluding hydrogens is 190 g/mol. The second-order valence-corrected chi connectivity index (χ2v) is 4.90. The van der Waals surface area contributed by atoms with Gasteiger partial charge >= 0.3 is 0 Å². The lowest BCUT2D eigenvalue weighted by molar-refractivity contribution is -0.0983. The molecule has 2 unspecified atom stereocenters. The molecule has 3 nitrogen and oxygen atoms in total. The highest BCUT2D eigenvalue weighted by molar-refractivity contribution is 5.02. The van der Waals surface area contributed by atoms with Crippen molar-refractivity contribution in [3.05, 3.63) is 0 Å². The van der Waals surface area contributed by atoms with Gasteiger partial charge in [-0.25, -0.2) is 0 Å². The van der Waals surface area contributed by atoms with E-state index in [0.717, 1.165) is 32.6 Å². The molecule has 90 valence electrons. The van der Waals surface area contributed by atoms with E-state index in [1.54, 1.807) is 7.11 Å². The van der Waals surface area contributed by atoms with Gasteiger partial charge in [0.15, 0.2) is 0 Å². The lowest BCUT2D eigenvalue weighted by atomic mass is 9.64. The zero-order chi connectivity index (χ0) is 11.3. The predicted octanol–water partition coefficient (Wildman–Crippen LogP) is 1.82. The largest absolute Gasteiger partial charge is 0.381 e. The lowest BCUT2D eigenvalue weighted by Gasteiger charge is -2.51. The fraction of sp³-hybridized carbons (Fsp3) is 1.00. The van der Waals surface area contributed by atoms with Crippen molar-refractivity contribution in [1.29, 1.82) is 0 Å². The molecule has 0 heterocycles. The van der Waals surface area contributed by atoms with E-state index in [2.05, 4.69) is 26.1 Å². The zero-order valence-electron chi connectivity index (χ0n) is 10.5. The Morgan fingerprint density at radius 3 is 2.60 bits per heavy atom. The van der Waals surface area contributed by atoms with Crippen LogP contribution in [0.3, 0.4) is 0 Å². The molecule has 1 N–H and O–H groups in total. The summed E-state index contributed by atoms with van der Waals surface area (Å²) >= 11 is 0. The first-order valence-electron chi connectivity index (χ1n) is 5.96. The van der Waals surface area contributed by atoms with Crippen molar-refractivity contribution in [2.75, 3.05) is 26.9 Å². The van der Waals surface area contributed by atoms with Crippen LogP contribution in [0.2, 0.25) is 0 Å². The maximum absolute atomic E-state index is 5.43. The highest BCUT2D eigenvalue weighted by Crippen LogP contribution is 2.42. The number of ether oxygens (including phenoxy) is 2.